The van der Waals surface area contributed by atoms with E-state index in [9.17, 15) is 14.4 Å². The van der Waals surface area contributed by atoms with Crippen molar-refractivity contribution in [3.05, 3.63) is 45.1 Å². The molecule has 0 unspecified atom stereocenters. The van der Waals surface area contributed by atoms with Crippen molar-refractivity contribution in [2.45, 2.75) is 37.8 Å². The van der Waals surface area contributed by atoms with Crippen LogP contribution < -0.4 is 16.2 Å². The standard InChI is InChI=1S/C20H20N4O3S2/c1-11(25)21-12-6-8-13(9-7-12)22-16(26)10-28-20-23-18(27)17-14-4-2-3-5-15(14)29-19(17)24-20/h6-9H,2-5,10H2,1H3,(H,21,25)(H,22,26)(H,23,24,27). The SMILES string of the molecule is CC(=O)Nc1ccc(NC(=O)CSc2nc3sc4c(c3c(=O)[nH]2)CCCC4)cc1. The van der Waals surface area contributed by atoms with E-state index in [0.29, 0.717) is 16.5 Å². The second-order valence-electron chi connectivity index (χ2n) is 6.86. The highest BCUT2D eigenvalue weighted by Gasteiger charge is 2.20. The van der Waals surface area contributed by atoms with E-state index in [2.05, 4.69) is 20.6 Å². The molecule has 0 saturated heterocycles. The second-order valence-corrected chi connectivity index (χ2v) is 8.91. The maximum absolute atomic E-state index is 12.5. The Labute approximate surface area is 175 Å². The Hall–Kier alpha value is -2.65. The van der Waals surface area contributed by atoms with Crippen LogP contribution in [-0.4, -0.2) is 27.5 Å². The van der Waals surface area contributed by atoms with Crippen LogP contribution >= 0.6 is 23.1 Å². The molecule has 9 heteroatoms. The minimum absolute atomic E-state index is 0.120. The van der Waals surface area contributed by atoms with Gasteiger partial charge in [-0.2, -0.15) is 0 Å². The van der Waals surface area contributed by atoms with Gasteiger partial charge in [-0.25, -0.2) is 4.98 Å². The van der Waals surface area contributed by atoms with E-state index in [-0.39, 0.29) is 23.1 Å². The summed E-state index contributed by atoms with van der Waals surface area (Å²) in [4.78, 5) is 45.2. The van der Waals surface area contributed by atoms with Crippen molar-refractivity contribution in [2.75, 3.05) is 16.4 Å². The lowest BCUT2D eigenvalue weighted by Crippen LogP contribution is -2.16. The molecule has 0 saturated carbocycles. The van der Waals surface area contributed by atoms with Crippen molar-refractivity contribution >= 4 is 56.5 Å². The number of H-pyrrole nitrogens is 1. The van der Waals surface area contributed by atoms with Gasteiger partial charge < -0.3 is 15.6 Å². The third kappa shape index (κ3) is 4.51. The molecule has 0 spiro atoms. The summed E-state index contributed by atoms with van der Waals surface area (Å²) in [5.74, 6) is -0.216. The number of nitrogens with one attached hydrogen (secondary N) is 3. The van der Waals surface area contributed by atoms with Crippen LogP contribution in [0.5, 0.6) is 0 Å². The van der Waals surface area contributed by atoms with Crippen molar-refractivity contribution < 1.29 is 9.59 Å². The second kappa shape index (κ2) is 8.38. The fourth-order valence-corrected chi connectivity index (χ4v) is 5.36. The maximum atomic E-state index is 12.5. The fraction of sp³-hybridized carbons (Fsp3) is 0.300. The van der Waals surface area contributed by atoms with Crippen molar-refractivity contribution in [2.24, 2.45) is 0 Å². The number of hydrogen-bond acceptors (Lipinski definition) is 6. The van der Waals surface area contributed by atoms with Crippen molar-refractivity contribution in [3.63, 3.8) is 0 Å². The Balaban J connectivity index is 1.41. The first-order chi connectivity index (χ1) is 14.0. The van der Waals surface area contributed by atoms with Gasteiger partial charge in [0.25, 0.3) is 5.56 Å². The number of hydrogen-bond donors (Lipinski definition) is 3. The minimum Gasteiger partial charge on any atom is -0.326 e. The molecule has 0 bridgehead atoms. The van der Waals surface area contributed by atoms with Gasteiger partial charge in [-0.1, -0.05) is 11.8 Å². The Kier molecular flexibility index (Phi) is 5.68. The topological polar surface area (TPSA) is 104 Å². The van der Waals surface area contributed by atoms with E-state index in [0.717, 1.165) is 41.5 Å². The van der Waals surface area contributed by atoms with Crippen LogP contribution in [0.3, 0.4) is 0 Å². The molecule has 2 heterocycles. The van der Waals surface area contributed by atoms with Crippen LogP contribution in [0.4, 0.5) is 11.4 Å². The molecule has 0 atom stereocenters. The smallest absolute Gasteiger partial charge is 0.260 e. The highest BCUT2D eigenvalue weighted by atomic mass is 32.2. The van der Waals surface area contributed by atoms with E-state index in [4.69, 9.17) is 0 Å². The lowest BCUT2D eigenvalue weighted by molar-refractivity contribution is -0.114. The fourth-order valence-electron chi connectivity index (χ4n) is 3.38. The molecule has 0 radical (unpaired) electrons. The Morgan fingerprint density at radius 3 is 2.55 bits per heavy atom. The van der Waals surface area contributed by atoms with Crippen LogP contribution in [0.15, 0.2) is 34.2 Å². The molecule has 3 N–H and O–H groups in total. The predicted octanol–water partition coefficient (Wildman–Crippen LogP) is 3.55. The predicted molar refractivity (Wildman–Crippen MR) is 117 cm³/mol. The van der Waals surface area contributed by atoms with Gasteiger partial charge in [-0.15, -0.1) is 11.3 Å². The van der Waals surface area contributed by atoms with E-state index in [1.807, 2.05) is 0 Å². The van der Waals surface area contributed by atoms with Crippen molar-refractivity contribution in [3.8, 4) is 0 Å². The first-order valence-electron chi connectivity index (χ1n) is 9.34. The average molecular weight is 429 g/mol. The first-order valence-corrected chi connectivity index (χ1v) is 11.1. The number of aromatic amines is 1. The number of aryl methyl sites for hydroxylation is 2. The lowest BCUT2D eigenvalue weighted by atomic mass is 9.97. The summed E-state index contributed by atoms with van der Waals surface area (Å²) in [6, 6.07) is 6.87. The third-order valence-corrected chi connectivity index (χ3v) is 6.69. The highest BCUT2D eigenvalue weighted by molar-refractivity contribution is 7.99. The number of aromatic nitrogens is 2. The summed E-state index contributed by atoms with van der Waals surface area (Å²) >= 11 is 2.80. The third-order valence-electron chi connectivity index (χ3n) is 4.63. The maximum Gasteiger partial charge on any atom is 0.260 e. The summed E-state index contributed by atoms with van der Waals surface area (Å²) < 4.78 is 0. The number of fused-ring (bicyclic) bond motifs is 3. The zero-order chi connectivity index (χ0) is 20.4. The molecule has 0 fully saturated rings. The molecule has 4 rings (SSSR count). The number of anilines is 2. The lowest BCUT2D eigenvalue weighted by Gasteiger charge is -2.09. The van der Waals surface area contributed by atoms with Gasteiger partial charge in [0, 0.05) is 23.2 Å². The molecule has 1 aliphatic rings. The van der Waals surface area contributed by atoms with Crippen LogP contribution in [0.2, 0.25) is 0 Å². The van der Waals surface area contributed by atoms with E-state index in [1.165, 1.54) is 23.6 Å². The zero-order valence-corrected chi connectivity index (χ0v) is 17.5. The number of benzene rings is 1. The van der Waals surface area contributed by atoms with Gasteiger partial charge in [0.15, 0.2) is 5.16 Å². The van der Waals surface area contributed by atoms with Crippen LogP contribution in [0.25, 0.3) is 10.2 Å². The van der Waals surface area contributed by atoms with E-state index >= 15 is 0 Å². The van der Waals surface area contributed by atoms with Gasteiger partial charge >= 0.3 is 0 Å². The molecular formula is C20H20N4O3S2. The van der Waals surface area contributed by atoms with Crippen LogP contribution in [-0.2, 0) is 22.4 Å². The minimum atomic E-state index is -0.199. The summed E-state index contributed by atoms with van der Waals surface area (Å²) in [5, 5.41) is 6.64. The summed E-state index contributed by atoms with van der Waals surface area (Å²) in [5.41, 5.74) is 2.33. The van der Waals surface area contributed by atoms with Gasteiger partial charge in [0.2, 0.25) is 11.8 Å². The van der Waals surface area contributed by atoms with Crippen molar-refractivity contribution in [1.29, 1.82) is 0 Å². The van der Waals surface area contributed by atoms with Crippen LogP contribution in [0.1, 0.15) is 30.2 Å². The number of amides is 2. The van der Waals surface area contributed by atoms with Gasteiger partial charge in [0.05, 0.1) is 11.1 Å². The van der Waals surface area contributed by atoms with E-state index in [1.54, 1.807) is 35.6 Å². The summed E-state index contributed by atoms with van der Waals surface area (Å²) in [7, 11) is 0. The van der Waals surface area contributed by atoms with Gasteiger partial charge in [-0.3, -0.25) is 14.4 Å². The Bertz CT molecular complexity index is 1140. The quantitative estimate of drug-likeness (QED) is 0.426. The number of carbonyl (C=O) groups is 2. The van der Waals surface area contributed by atoms with Crippen molar-refractivity contribution in [1.82, 2.24) is 9.97 Å². The number of thiophene rings is 1. The van der Waals surface area contributed by atoms with Gasteiger partial charge in [0.1, 0.15) is 4.83 Å². The molecular weight excluding hydrogens is 408 g/mol. The highest BCUT2D eigenvalue weighted by Crippen LogP contribution is 2.34. The normalized spacial score (nSPS) is 13.1. The molecule has 1 aromatic carbocycles. The number of carbonyl (C=O) groups excluding carboxylic acids is 2. The van der Waals surface area contributed by atoms with E-state index < -0.39 is 0 Å². The monoisotopic (exact) mass is 428 g/mol. The Morgan fingerprint density at radius 1 is 1.14 bits per heavy atom. The summed E-state index contributed by atoms with van der Waals surface area (Å²) in [6.07, 6.45) is 4.23. The number of rotatable bonds is 5. The molecule has 7 nitrogen and oxygen atoms in total. The first kappa shape index (κ1) is 19.7. The molecule has 29 heavy (non-hydrogen) atoms. The molecule has 1 aliphatic carbocycles. The van der Waals surface area contributed by atoms with Crippen LogP contribution in [0, 0.1) is 0 Å². The molecule has 3 aromatic rings. The summed E-state index contributed by atoms with van der Waals surface area (Å²) in [6.45, 7) is 1.44. The molecule has 2 amide bonds. The van der Waals surface area contributed by atoms with Gasteiger partial charge in [-0.05, 0) is 55.5 Å². The molecule has 150 valence electrons. The number of thioether (sulfide) groups is 1. The number of nitrogens with zero attached hydrogens (tertiary/aromatic N) is 1. The zero-order valence-electron chi connectivity index (χ0n) is 15.8. The Morgan fingerprint density at radius 2 is 1.83 bits per heavy atom. The molecule has 0 aliphatic heterocycles. The molecule has 2 aromatic heterocycles. The average Bonchev–Trinajstić information content (AvgIpc) is 3.06. The largest absolute Gasteiger partial charge is 0.326 e.